The van der Waals surface area contributed by atoms with Crippen LogP contribution in [0.2, 0.25) is 0 Å². The first kappa shape index (κ1) is 16.0. The van der Waals surface area contributed by atoms with Crippen molar-refractivity contribution in [2.45, 2.75) is 13.8 Å². The summed E-state index contributed by atoms with van der Waals surface area (Å²) in [4.78, 5) is 21.7. The predicted octanol–water partition coefficient (Wildman–Crippen LogP) is 3.33. The molecule has 0 saturated carbocycles. The lowest BCUT2D eigenvalue weighted by Gasteiger charge is -2.10. The summed E-state index contributed by atoms with van der Waals surface area (Å²) in [6.07, 6.45) is 1.86. The van der Waals surface area contributed by atoms with Crippen LogP contribution in [-0.2, 0) is 0 Å². The number of nitrogens with zero attached hydrogens (tertiary/aromatic N) is 4. The van der Waals surface area contributed by atoms with Crippen molar-refractivity contribution in [1.82, 2.24) is 14.0 Å². The normalized spacial score (nSPS) is 11.8. The molecular weight excluding hydrogens is 324 g/mol. The largest absolute Gasteiger partial charge is 0.357 e. The van der Waals surface area contributed by atoms with Gasteiger partial charge in [0.15, 0.2) is 0 Å². The van der Waals surface area contributed by atoms with E-state index in [1.807, 2.05) is 85.1 Å². The van der Waals surface area contributed by atoms with Crippen LogP contribution in [0.4, 0.5) is 5.69 Å². The molecule has 0 unspecified atom stereocenters. The Balaban J connectivity index is 2.11. The highest BCUT2D eigenvalue weighted by Gasteiger charge is 2.08. The summed E-state index contributed by atoms with van der Waals surface area (Å²) in [7, 11) is 0. The lowest BCUT2D eigenvalue weighted by Crippen LogP contribution is -2.38. The number of hydrogen-bond donors (Lipinski definition) is 0. The molecule has 4 aromatic rings. The maximum atomic E-state index is 12.8. The minimum Gasteiger partial charge on any atom is -0.271 e. The van der Waals surface area contributed by atoms with Crippen molar-refractivity contribution < 1.29 is 0 Å². The van der Waals surface area contributed by atoms with E-state index in [0.29, 0.717) is 11.3 Å². The van der Waals surface area contributed by atoms with E-state index in [2.05, 4.69) is 4.98 Å². The van der Waals surface area contributed by atoms with Gasteiger partial charge in [-0.15, -0.1) is 0 Å². The molecule has 2 heterocycles. The summed E-state index contributed by atoms with van der Waals surface area (Å²) < 4.78 is 3.35. The summed E-state index contributed by atoms with van der Waals surface area (Å²) in [6, 6.07) is 21.2. The van der Waals surface area contributed by atoms with Gasteiger partial charge < -0.3 is 0 Å². The van der Waals surface area contributed by atoms with Crippen molar-refractivity contribution in [3.8, 4) is 5.69 Å². The molecule has 0 fully saturated rings. The third-order valence-electron chi connectivity index (χ3n) is 4.21. The molecule has 0 aliphatic heterocycles. The van der Waals surface area contributed by atoms with Crippen LogP contribution in [0.5, 0.6) is 0 Å². The molecule has 0 aliphatic rings. The van der Waals surface area contributed by atoms with Crippen LogP contribution in [0.1, 0.15) is 11.1 Å². The van der Waals surface area contributed by atoms with E-state index in [1.54, 1.807) is 6.07 Å². The van der Waals surface area contributed by atoms with Crippen LogP contribution < -0.4 is 11.3 Å². The summed E-state index contributed by atoms with van der Waals surface area (Å²) in [5.41, 5.74) is 4.51. The predicted molar refractivity (Wildman–Crippen MR) is 102 cm³/mol. The summed E-state index contributed by atoms with van der Waals surface area (Å²) in [5, 5.41) is 0. The molecule has 0 saturated heterocycles. The summed E-state index contributed by atoms with van der Waals surface area (Å²) in [5.74, 6) is 0. The van der Waals surface area contributed by atoms with Crippen molar-refractivity contribution >= 4 is 11.3 Å². The van der Waals surface area contributed by atoms with Gasteiger partial charge in [0, 0.05) is 6.20 Å². The summed E-state index contributed by atoms with van der Waals surface area (Å²) >= 11 is 0. The van der Waals surface area contributed by atoms with Gasteiger partial charge in [-0.2, -0.15) is 4.98 Å². The monoisotopic (exact) mass is 342 g/mol. The molecule has 0 N–H and O–H groups in total. The van der Waals surface area contributed by atoms with Crippen LogP contribution in [-0.4, -0.2) is 14.0 Å². The quantitative estimate of drug-likeness (QED) is 0.561. The van der Waals surface area contributed by atoms with E-state index in [0.717, 1.165) is 22.5 Å². The SMILES string of the molecule is Cc1ccc(N=c2n(-c3ccc(C)cc3)c(=O)nc3ccccn23)cc1. The number of aromatic nitrogens is 3. The topological polar surface area (TPSA) is 51.7 Å². The minimum atomic E-state index is -0.356. The molecule has 128 valence electrons. The zero-order chi connectivity index (χ0) is 18.1. The number of pyridine rings is 1. The van der Waals surface area contributed by atoms with Crippen molar-refractivity contribution in [3.05, 3.63) is 100 Å². The van der Waals surface area contributed by atoms with Gasteiger partial charge in [0.2, 0.25) is 5.62 Å². The zero-order valence-corrected chi connectivity index (χ0v) is 14.6. The van der Waals surface area contributed by atoms with Crippen LogP contribution in [0.3, 0.4) is 0 Å². The van der Waals surface area contributed by atoms with Crippen LogP contribution in [0.25, 0.3) is 11.3 Å². The van der Waals surface area contributed by atoms with Gasteiger partial charge in [-0.05, 0) is 50.2 Å². The number of rotatable bonds is 2. The Morgan fingerprint density at radius 3 is 2.19 bits per heavy atom. The van der Waals surface area contributed by atoms with Crippen molar-refractivity contribution in [3.63, 3.8) is 0 Å². The average molecular weight is 342 g/mol. The van der Waals surface area contributed by atoms with E-state index in [1.165, 1.54) is 4.57 Å². The molecular formula is C21H18N4O. The lowest BCUT2D eigenvalue weighted by molar-refractivity contribution is 0.767. The fourth-order valence-corrected chi connectivity index (χ4v) is 2.79. The first-order valence-corrected chi connectivity index (χ1v) is 8.41. The molecule has 0 amide bonds. The Hall–Kier alpha value is -3.47. The first-order chi connectivity index (χ1) is 12.6. The average Bonchev–Trinajstić information content (AvgIpc) is 2.65. The second-order valence-electron chi connectivity index (χ2n) is 6.24. The van der Waals surface area contributed by atoms with Crippen molar-refractivity contribution in [1.29, 1.82) is 0 Å². The molecule has 0 spiro atoms. The second-order valence-corrected chi connectivity index (χ2v) is 6.24. The molecule has 0 aliphatic carbocycles. The van der Waals surface area contributed by atoms with Gasteiger partial charge in [0.05, 0.1) is 11.4 Å². The van der Waals surface area contributed by atoms with Gasteiger partial charge in [-0.1, -0.05) is 41.5 Å². The summed E-state index contributed by atoms with van der Waals surface area (Å²) in [6.45, 7) is 4.04. The fourth-order valence-electron chi connectivity index (χ4n) is 2.79. The number of aryl methyl sites for hydroxylation is 2. The van der Waals surface area contributed by atoms with E-state index in [9.17, 15) is 4.79 Å². The highest BCUT2D eigenvalue weighted by Crippen LogP contribution is 2.12. The van der Waals surface area contributed by atoms with Gasteiger partial charge in [-0.25, -0.2) is 14.4 Å². The third kappa shape index (κ3) is 2.95. The Labute approximate surface area is 150 Å². The van der Waals surface area contributed by atoms with Gasteiger partial charge in [0.1, 0.15) is 5.65 Å². The maximum Gasteiger partial charge on any atom is 0.357 e. The Morgan fingerprint density at radius 2 is 1.50 bits per heavy atom. The Kier molecular flexibility index (Phi) is 3.97. The number of fused-ring (bicyclic) bond motifs is 1. The van der Waals surface area contributed by atoms with Crippen molar-refractivity contribution in [2.75, 3.05) is 0 Å². The van der Waals surface area contributed by atoms with Crippen LogP contribution >= 0.6 is 0 Å². The lowest BCUT2D eigenvalue weighted by atomic mass is 10.2. The van der Waals surface area contributed by atoms with Gasteiger partial charge in [-0.3, -0.25) is 4.40 Å². The molecule has 4 rings (SSSR count). The molecule has 0 atom stereocenters. The zero-order valence-electron chi connectivity index (χ0n) is 14.6. The highest BCUT2D eigenvalue weighted by atomic mass is 16.1. The van der Waals surface area contributed by atoms with E-state index >= 15 is 0 Å². The van der Waals surface area contributed by atoms with Crippen molar-refractivity contribution in [2.24, 2.45) is 4.99 Å². The first-order valence-electron chi connectivity index (χ1n) is 8.41. The van der Waals surface area contributed by atoms with E-state index in [4.69, 9.17) is 4.99 Å². The van der Waals surface area contributed by atoms with E-state index in [-0.39, 0.29) is 5.69 Å². The molecule has 0 bridgehead atoms. The molecule has 5 heteroatoms. The molecule has 2 aromatic heterocycles. The molecule has 2 aromatic carbocycles. The van der Waals surface area contributed by atoms with E-state index < -0.39 is 0 Å². The Morgan fingerprint density at radius 1 is 0.846 bits per heavy atom. The number of benzene rings is 2. The minimum absolute atomic E-state index is 0.356. The molecule has 26 heavy (non-hydrogen) atoms. The van der Waals surface area contributed by atoms with Crippen LogP contribution in [0.15, 0.2) is 82.7 Å². The maximum absolute atomic E-state index is 12.8. The standard InChI is InChI=1S/C21H18N4O/c1-15-6-10-17(11-7-15)22-20-24-14-4-3-5-19(24)23-21(26)25(20)18-12-8-16(2)9-13-18/h3-14H,1-2H3. The van der Waals surface area contributed by atoms with Crippen LogP contribution in [0, 0.1) is 13.8 Å². The third-order valence-corrected chi connectivity index (χ3v) is 4.21. The number of hydrogen-bond acceptors (Lipinski definition) is 3. The fraction of sp³-hybridized carbons (Fsp3) is 0.0952. The second kappa shape index (κ2) is 6.44. The van der Waals surface area contributed by atoms with Gasteiger partial charge >= 0.3 is 5.69 Å². The Bertz CT molecular complexity index is 1200. The molecule has 0 radical (unpaired) electrons. The highest BCUT2D eigenvalue weighted by molar-refractivity contribution is 5.41. The van der Waals surface area contributed by atoms with Gasteiger partial charge in [0.25, 0.3) is 0 Å². The molecule has 5 nitrogen and oxygen atoms in total. The smallest absolute Gasteiger partial charge is 0.271 e.